The summed E-state index contributed by atoms with van der Waals surface area (Å²) < 4.78 is 0. The molecule has 3 N–H and O–H groups in total. The van der Waals surface area contributed by atoms with Crippen molar-refractivity contribution in [1.82, 2.24) is 10.2 Å². The molecule has 1 fully saturated rings. The van der Waals surface area contributed by atoms with E-state index in [9.17, 15) is 4.79 Å². The molecule has 0 unspecified atom stereocenters. The smallest absolute Gasteiger partial charge is 0.224 e. The zero-order valence-corrected chi connectivity index (χ0v) is 12.8. The Hall–Kier alpha value is -0.870. The van der Waals surface area contributed by atoms with Crippen LogP contribution < -0.4 is 11.1 Å². The van der Waals surface area contributed by atoms with Crippen molar-refractivity contribution in [3.05, 3.63) is 11.6 Å². The SMILES string of the molecule is CC(C)=CCN1CCC(NCC(C)(C)C(N)=O)CC1. The number of piperidine rings is 1. The molecule has 19 heavy (non-hydrogen) atoms. The van der Waals surface area contributed by atoms with Crippen LogP contribution in [0.25, 0.3) is 0 Å². The molecule has 0 aromatic heterocycles. The molecule has 1 aliphatic rings. The van der Waals surface area contributed by atoms with Crippen molar-refractivity contribution in [1.29, 1.82) is 0 Å². The summed E-state index contributed by atoms with van der Waals surface area (Å²) in [7, 11) is 0. The molecular formula is C15H29N3O. The Morgan fingerprint density at radius 2 is 1.95 bits per heavy atom. The Labute approximate surface area is 117 Å². The van der Waals surface area contributed by atoms with E-state index in [4.69, 9.17) is 5.73 Å². The van der Waals surface area contributed by atoms with Gasteiger partial charge in [-0.2, -0.15) is 0 Å². The molecule has 0 atom stereocenters. The summed E-state index contributed by atoms with van der Waals surface area (Å²) in [5, 5.41) is 3.49. The fraction of sp³-hybridized carbons (Fsp3) is 0.800. The lowest BCUT2D eigenvalue weighted by molar-refractivity contribution is -0.125. The number of nitrogens with two attached hydrogens (primary N) is 1. The Balaban J connectivity index is 2.27. The number of nitrogens with one attached hydrogen (secondary N) is 1. The first-order chi connectivity index (χ1) is 8.81. The molecule has 0 radical (unpaired) electrons. The minimum atomic E-state index is -0.459. The summed E-state index contributed by atoms with van der Waals surface area (Å²) in [5.74, 6) is -0.235. The minimum Gasteiger partial charge on any atom is -0.369 e. The first kappa shape index (κ1) is 16.2. The second-order valence-electron chi connectivity index (χ2n) is 6.49. The topological polar surface area (TPSA) is 58.4 Å². The molecule has 1 amide bonds. The molecule has 1 heterocycles. The van der Waals surface area contributed by atoms with E-state index in [2.05, 4.69) is 30.1 Å². The van der Waals surface area contributed by atoms with Crippen LogP contribution in [0.15, 0.2) is 11.6 Å². The van der Waals surface area contributed by atoms with Gasteiger partial charge in [-0.15, -0.1) is 0 Å². The van der Waals surface area contributed by atoms with Crippen LogP contribution in [0, 0.1) is 5.41 Å². The van der Waals surface area contributed by atoms with Gasteiger partial charge in [0.15, 0.2) is 0 Å². The Morgan fingerprint density at radius 3 is 2.42 bits per heavy atom. The molecule has 4 nitrogen and oxygen atoms in total. The van der Waals surface area contributed by atoms with Crippen molar-refractivity contribution in [2.75, 3.05) is 26.2 Å². The third-order valence-corrected chi connectivity index (χ3v) is 3.85. The molecule has 0 bridgehead atoms. The summed E-state index contributed by atoms with van der Waals surface area (Å²) in [6.45, 7) is 12.0. The van der Waals surface area contributed by atoms with E-state index < -0.39 is 5.41 Å². The highest BCUT2D eigenvalue weighted by atomic mass is 16.1. The maximum absolute atomic E-state index is 11.3. The second-order valence-corrected chi connectivity index (χ2v) is 6.49. The molecule has 110 valence electrons. The molecule has 1 saturated heterocycles. The number of amides is 1. The van der Waals surface area contributed by atoms with Gasteiger partial charge >= 0.3 is 0 Å². The lowest BCUT2D eigenvalue weighted by Gasteiger charge is -2.33. The average molecular weight is 267 g/mol. The van der Waals surface area contributed by atoms with Gasteiger partial charge in [0.25, 0.3) is 0 Å². The quantitative estimate of drug-likeness (QED) is 0.717. The summed E-state index contributed by atoms with van der Waals surface area (Å²) in [6, 6.07) is 0.515. The van der Waals surface area contributed by atoms with Gasteiger partial charge < -0.3 is 11.1 Å². The van der Waals surface area contributed by atoms with Gasteiger partial charge in [0.1, 0.15) is 0 Å². The van der Waals surface area contributed by atoms with E-state index in [0.29, 0.717) is 12.6 Å². The fourth-order valence-electron chi connectivity index (χ4n) is 2.12. The van der Waals surface area contributed by atoms with Crippen molar-refractivity contribution in [3.63, 3.8) is 0 Å². The summed E-state index contributed by atoms with van der Waals surface area (Å²) in [4.78, 5) is 13.7. The molecule has 0 spiro atoms. The van der Waals surface area contributed by atoms with Crippen LogP contribution >= 0.6 is 0 Å². The van der Waals surface area contributed by atoms with Crippen molar-refractivity contribution in [2.24, 2.45) is 11.1 Å². The van der Waals surface area contributed by atoms with Crippen molar-refractivity contribution in [2.45, 2.75) is 46.6 Å². The molecule has 1 aliphatic heterocycles. The van der Waals surface area contributed by atoms with Crippen molar-refractivity contribution >= 4 is 5.91 Å². The standard InChI is InChI=1S/C15H29N3O/c1-12(2)5-8-18-9-6-13(7-10-18)17-11-15(3,4)14(16)19/h5,13,17H,6-11H2,1-4H3,(H2,16,19). The molecule has 1 rings (SSSR count). The van der Waals surface area contributed by atoms with Gasteiger partial charge in [0.2, 0.25) is 5.91 Å². The highest BCUT2D eigenvalue weighted by Crippen LogP contribution is 2.15. The number of nitrogens with zero attached hydrogens (tertiary/aromatic N) is 1. The van der Waals surface area contributed by atoms with E-state index in [-0.39, 0.29) is 5.91 Å². The van der Waals surface area contributed by atoms with E-state index in [1.165, 1.54) is 5.57 Å². The number of carbonyl (C=O) groups is 1. The van der Waals surface area contributed by atoms with E-state index in [1.54, 1.807) is 0 Å². The molecule has 0 aromatic rings. The van der Waals surface area contributed by atoms with Crippen LogP contribution in [0.3, 0.4) is 0 Å². The maximum atomic E-state index is 11.3. The summed E-state index contributed by atoms with van der Waals surface area (Å²) >= 11 is 0. The Bertz CT molecular complexity index is 324. The number of carbonyl (C=O) groups excluding carboxylic acids is 1. The predicted molar refractivity (Wildman–Crippen MR) is 79.9 cm³/mol. The largest absolute Gasteiger partial charge is 0.369 e. The molecular weight excluding hydrogens is 238 g/mol. The highest BCUT2D eigenvalue weighted by molar-refractivity contribution is 5.80. The van der Waals surface area contributed by atoms with Crippen molar-refractivity contribution < 1.29 is 4.79 Å². The number of rotatable bonds is 6. The van der Waals surface area contributed by atoms with Crippen LogP contribution in [0.2, 0.25) is 0 Å². The van der Waals surface area contributed by atoms with Gasteiger partial charge in [0.05, 0.1) is 5.41 Å². The van der Waals surface area contributed by atoms with Crippen LogP contribution in [0.4, 0.5) is 0 Å². The minimum absolute atomic E-state index is 0.235. The van der Waals surface area contributed by atoms with Crippen LogP contribution in [0.5, 0.6) is 0 Å². The Morgan fingerprint density at radius 1 is 1.37 bits per heavy atom. The van der Waals surface area contributed by atoms with Gasteiger partial charge in [0, 0.05) is 19.1 Å². The normalized spacial score (nSPS) is 18.3. The van der Waals surface area contributed by atoms with E-state index in [1.807, 2.05) is 13.8 Å². The third kappa shape index (κ3) is 5.74. The van der Waals surface area contributed by atoms with Gasteiger partial charge in [-0.25, -0.2) is 0 Å². The molecule has 0 saturated carbocycles. The van der Waals surface area contributed by atoms with Crippen LogP contribution in [-0.2, 0) is 4.79 Å². The zero-order valence-electron chi connectivity index (χ0n) is 12.8. The number of likely N-dealkylation sites (tertiary alicyclic amines) is 1. The van der Waals surface area contributed by atoms with E-state index >= 15 is 0 Å². The van der Waals surface area contributed by atoms with Crippen LogP contribution in [-0.4, -0.2) is 43.0 Å². The zero-order chi connectivity index (χ0) is 14.5. The summed E-state index contributed by atoms with van der Waals surface area (Å²) in [6.07, 6.45) is 4.57. The Kier molecular flexibility index (Phi) is 6.01. The molecule has 4 heteroatoms. The first-order valence-corrected chi connectivity index (χ1v) is 7.20. The monoisotopic (exact) mass is 267 g/mol. The number of allylic oxidation sites excluding steroid dienone is 1. The third-order valence-electron chi connectivity index (χ3n) is 3.85. The van der Waals surface area contributed by atoms with Gasteiger partial charge in [-0.05, 0) is 53.6 Å². The van der Waals surface area contributed by atoms with Crippen molar-refractivity contribution in [3.8, 4) is 0 Å². The van der Waals surface area contributed by atoms with E-state index in [0.717, 1.165) is 32.5 Å². The lowest BCUT2D eigenvalue weighted by atomic mass is 9.91. The first-order valence-electron chi connectivity index (χ1n) is 7.20. The molecule has 0 aromatic carbocycles. The van der Waals surface area contributed by atoms with Gasteiger partial charge in [-0.1, -0.05) is 11.6 Å². The average Bonchev–Trinajstić information content (AvgIpc) is 2.35. The maximum Gasteiger partial charge on any atom is 0.224 e. The highest BCUT2D eigenvalue weighted by Gasteiger charge is 2.26. The number of hydrogen-bond donors (Lipinski definition) is 2. The number of primary amides is 1. The number of hydrogen-bond acceptors (Lipinski definition) is 3. The summed E-state index contributed by atoms with van der Waals surface area (Å²) in [5.41, 5.74) is 6.30. The molecule has 0 aliphatic carbocycles. The van der Waals surface area contributed by atoms with Crippen LogP contribution in [0.1, 0.15) is 40.5 Å². The fourth-order valence-corrected chi connectivity index (χ4v) is 2.12. The second kappa shape index (κ2) is 7.06. The predicted octanol–water partition coefficient (Wildman–Crippen LogP) is 1.52. The van der Waals surface area contributed by atoms with Gasteiger partial charge in [-0.3, -0.25) is 9.69 Å². The lowest BCUT2D eigenvalue weighted by Crippen LogP contribution is -2.48.